The third kappa shape index (κ3) is 3.90. The Morgan fingerprint density at radius 1 is 1.39 bits per heavy atom. The van der Waals surface area contributed by atoms with Crippen LogP contribution < -0.4 is 5.32 Å². The quantitative estimate of drug-likeness (QED) is 0.690. The first-order valence-electron chi connectivity index (χ1n) is 7.86. The Balaban J connectivity index is 1.62. The number of aryl methyl sites for hydroxylation is 1. The predicted octanol–water partition coefficient (Wildman–Crippen LogP) is 1.57. The zero-order valence-corrected chi connectivity index (χ0v) is 13.6. The highest BCUT2D eigenvalue weighted by Crippen LogP contribution is 2.21. The van der Waals surface area contributed by atoms with Crippen LogP contribution in [0.5, 0.6) is 0 Å². The minimum atomic E-state index is 0.0349. The van der Waals surface area contributed by atoms with E-state index in [9.17, 15) is 0 Å². The third-order valence-electron chi connectivity index (χ3n) is 3.97. The normalized spacial score (nSPS) is 19.0. The van der Waals surface area contributed by atoms with Gasteiger partial charge in [-0.05, 0) is 5.56 Å². The van der Waals surface area contributed by atoms with Gasteiger partial charge in [0, 0.05) is 38.9 Å². The van der Waals surface area contributed by atoms with E-state index in [1.807, 2.05) is 44.7 Å². The Morgan fingerprint density at radius 3 is 2.91 bits per heavy atom. The molecule has 0 radical (unpaired) electrons. The van der Waals surface area contributed by atoms with E-state index in [0.717, 1.165) is 31.2 Å². The molecule has 1 aromatic carbocycles. The predicted molar refractivity (Wildman–Crippen MR) is 90.1 cm³/mol. The van der Waals surface area contributed by atoms with Gasteiger partial charge < -0.3 is 15.0 Å². The van der Waals surface area contributed by atoms with Crippen molar-refractivity contribution in [2.45, 2.75) is 12.6 Å². The number of morpholine rings is 1. The van der Waals surface area contributed by atoms with Gasteiger partial charge in [-0.2, -0.15) is 5.10 Å². The minimum absolute atomic E-state index is 0.0349. The highest BCUT2D eigenvalue weighted by atomic mass is 16.5. The molecule has 3 rings (SSSR count). The number of hydrogen-bond donors (Lipinski definition) is 1. The Labute approximate surface area is 136 Å². The molecule has 0 aliphatic carbocycles. The lowest BCUT2D eigenvalue weighted by Gasteiger charge is -2.34. The van der Waals surface area contributed by atoms with Crippen LogP contribution in [-0.2, 0) is 18.3 Å². The summed E-state index contributed by atoms with van der Waals surface area (Å²) in [5, 5.41) is 7.66. The maximum Gasteiger partial charge on any atom is 0.194 e. The summed E-state index contributed by atoms with van der Waals surface area (Å²) in [4.78, 5) is 6.66. The molecule has 1 unspecified atom stereocenters. The summed E-state index contributed by atoms with van der Waals surface area (Å²) < 4.78 is 7.69. The van der Waals surface area contributed by atoms with Crippen molar-refractivity contribution in [2.24, 2.45) is 12.0 Å². The Kier molecular flexibility index (Phi) is 4.92. The number of hydrogen-bond acceptors (Lipinski definition) is 3. The molecular weight excluding hydrogens is 290 g/mol. The first-order valence-corrected chi connectivity index (χ1v) is 7.86. The van der Waals surface area contributed by atoms with Crippen molar-refractivity contribution in [2.75, 3.05) is 26.7 Å². The molecule has 1 aliphatic rings. The first kappa shape index (κ1) is 15.6. The van der Waals surface area contributed by atoms with Gasteiger partial charge in [-0.15, -0.1) is 0 Å². The summed E-state index contributed by atoms with van der Waals surface area (Å²) in [6.45, 7) is 3.07. The maximum atomic E-state index is 5.89. The van der Waals surface area contributed by atoms with Crippen molar-refractivity contribution < 1.29 is 4.74 Å². The molecule has 1 atom stereocenters. The van der Waals surface area contributed by atoms with E-state index < -0.39 is 0 Å². The lowest BCUT2D eigenvalue weighted by molar-refractivity contribution is -0.00805. The lowest BCUT2D eigenvalue weighted by Crippen LogP contribution is -2.47. The number of ether oxygens (including phenoxy) is 1. The largest absolute Gasteiger partial charge is 0.370 e. The van der Waals surface area contributed by atoms with Crippen molar-refractivity contribution in [3.8, 4) is 0 Å². The molecule has 0 spiro atoms. The number of guanidine groups is 1. The molecule has 1 N–H and O–H groups in total. The van der Waals surface area contributed by atoms with Gasteiger partial charge in [-0.3, -0.25) is 9.67 Å². The summed E-state index contributed by atoms with van der Waals surface area (Å²) in [5.74, 6) is 0.908. The molecule has 6 nitrogen and oxygen atoms in total. The highest BCUT2D eigenvalue weighted by Gasteiger charge is 2.24. The van der Waals surface area contributed by atoms with Gasteiger partial charge >= 0.3 is 0 Å². The van der Waals surface area contributed by atoms with Crippen molar-refractivity contribution in [1.29, 1.82) is 0 Å². The van der Waals surface area contributed by atoms with Crippen LogP contribution in [0, 0.1) is 0 Å². The summed E-state index contributed by atoms with van der Waals surface area (Å²) in [6, 6.07) is 10.3. The fourth-order valence-corrected chi connectivity index (χ4v) is 2.76. The molecule has 0 amide bonds. The van der Waals surface area contributed by atoms with Crippen LogP contribution in [-0.4, -0.2) is 47.4 Å². The number of aliphatic imine (C=N–C) groups is 1. The summed E-state index contributed by atoms with van der Waals surface area (Å²) >= 11 is 0. The average molecular weight is 313 g/mol. The van der Waals surface area contributed by atoms with Gasteiger partial charge in [0.2, 0.25) is 0 Å². The number of aromatic nitrogens is 2. The second kappa shape index (κ2) is 7.28. The Bertz CT molecular complexity index is 652. The van der Waals surface area contributed by atoms with E-state index in [4.69, 9.17) is 4.74 Å². The van der Waals surface area contributed by atoms with Crippen molar-refractivity contribution >= 4 is 5.96 Å². The standard InChI is InChI=1S/C17H23N5O/c1-18-17(19-10-14-6-4-3-5-7-14)22-8-9-23-16(13-22)15-11-20-21(2)12-15/h3-7,11-12,16H,8-10,13H2,1-2H3,(H,18,19). The molecular formula is C17H23N5O. The maximum absolute atomic E-state index is 5.89. The molecule has 0 saturated carbocycles. The van der Waals surface area contributed by atoms with Crippen LogP contribution >= 0.6 is 0 Å². The molecule has 2 heterocycles. The monoisotopic (exact) mass is 313 g/mol. The zero-order chi connectivity index (χ0) is 16.1. The Hall–Kier alpha value is -2.34. The highest BCUT2D eigenvalue weighted by molar-refractivity contribution is 5.80. The molecule has 1 aliphatic heterocycles. The van der Waals surface area contributed by atoms with Crippen LogP contribution in [0.4, 0.5) is 0 Å². The molecule has 1 fully saturated rings. The van der Waals surface area contributed by atoms with Crippen LogP contribution in [0.2, 0.25) is 0 Å². The number of benzene rings is 1. The van der Waals surface area contributed by atoms with E-state index in [-0.39, 0.29) is 6.10 Å². The van der Waals surface area contributed by atoms with E-state index in [2.05, 4.69) is 32.4 Å². The smallest absolute Gasteiger partial charge is 0.194 e. The van der Waals surface area contributed by atoms with Gasteiger partial charge in [0.05, 0.1) is 19.3 Å². The number of nitrogens with zero attached hydrogens (tertiary/aromatic N) is 4. The summed E-state index contributed by atoms with van der Waals surface area (Å²) in [7, 11) is 3.74. The molecule has 0 bridgehead atoms. The SMILES string of the molecule is CN=C(NCc1ccccc1)N1CCOC(c2cnn(C)c2)C1. The minimum Gasteiger partial charge on any atom is -0.370 e. The molecule has 1 saturated heterocycles. The summed E-state index contributed by atoms with van der Waals surface area (Å²) in [6.07, 6.45) is 3.91. The van der Waals surface area contributed by atoms with Crippen molar-refractivity contribution in [3.63, 3.8) is 0 Å². The van der Waals surface area contributed by atoms with Crippen LogP contribution in [0.1, 0.15) is 17.2 Å². The second-order valence-electron chi connectivity index (χ2n) is 5.64. The molecule has 6 heteroatoms. The summed E-state index contributed by atoms with van der Waals surface area (Å²) in [5.41, 5.74) is 2.35. The fraction of sp³-hybridized carbons (Fsp3) is 0.412. The first-order chi connectivity index (χ1) is 11.3. The molecule has 23 heavy (non-hydrogen) atoms. The third-order valence-corrected chi connectivity index (χ3v) is 3.97. The molecule has 1 aromatic heterocycles. The molecule has 122 valence electrons. The van der Waals surface area contributed by atoms with Gasteiger partial charge in [-0.1, -0.05) is 30.3 Å². The van der Waals surface area contributed by atoms with E-state index in [1.54, 1.807) is 4.68 Å². The second-order valence-corrected chi connectivity index (χ2v) is 5.64. The zero-order valence-electron chi connectivity index (χ0n) is 13.6. The lowest BCUT2D eigenvalue weighted by atomic mass is 10.1. The van der Waals surface area contributed by atoms with Crippen LogP contribution in [0.25, 0.3) is 0 Å². The number of rotatable bonds is 3. The van der Waals surface area contributed by atoms with E-state index in [0.29, 0.717) is 6.61 Å². The van der Waals surface area contributed by atoms with Crippen LogP contribution in [0.15, 0.2) is 47.7 Å². The molecule has 2 aromatic rings. The van der Waals surface area contributed by atoms with E-state index >= 15 is 0 Å². The fourth-order valence-electron chi connectivity index (χ4n) is 2.76. The average Bonchev–Trinajstić information content (AvgIpc) is 3.03. The van der Waals surface area contributed by atoms with Crippen molar-refractivity contribution in [3.05, 3.63) is 53.9 Å². The topological polar surface area (TPSA) is 54.7 Å². The van der Waals surface area contributed by atoms with Crippen LogP contribution in [0.3, 0.4) is 0 Å². The van der Waals surface area contributed by atoms with Gasteiger partial charge in [0.1, 0.15) is 6.10 Å². The Morgan fingerprint density at radius 2 is 2.22 bits per heavy atom. The van der Waals surface area contributed by atoms with Gasteiger partial charge in [-0.25, -0.2) is 0 Å². The van der Waals surface area contributed by atoms with E-state index in [1.165, 1.54) is 5.56 Å². The van der Waals surface area contributed by atoms with Gasteiger partial charge in [0.15, 0.2) is 5.96 Å². The number of nitrogens with one attached hydrogen (secondary N) is 1. The van der Waals surface area contributed by atoms with Gasteiger partial charge in [0.25, 0.3) is 0 Å². The van der Waals surface area contributed by atoms with Crippen molar-refractivity contribution in [1.82, 2.24) is 20.0 Å².